The average Bonchev–Trinajstić information content (AvgIpc) is 3.09. The van der Waals surface area contributed by atoms with Gasteiger partial charge in [-0.1, -0.05) is 225 Å². The number of aliphatic hydroxyl groups is 2. The fourth-order valence-electron chi connectivity index (χ4n) is 6.93. The van der Waals surface area contributed by atoms with Crippen molar-refractivity contribution in [2.24, 2.45) is 0 Å². The first-order valence-electron chi connectivity index (χ1n) is 22.0. The maximum atomic E-state index is 12.6. The fourth-order valence-corrected chi connectivity index (χ4v) is 7.66. The van der Waals surface area contributed by atoms with E-state index in [0.717, 1.165) is 38.5 Å². The molecule has 51 heavy (non-hydrogen) atoms. The molecule has 4 N–H and O–H groups in total. The van der Waals surface area contributed by atoms with E-state index < -0.39 is 40.0 Å². The van der Waals surface area contributed by atoms with Gasteiger partial charge < -0.3 is 15.5 Å². The normalized spacial score (nSPS) is 13.9. The third kappa shape index (κ3) is 37.2. The summed E-state index contributed by atoms with van der Waals surface area (Å²) in [6, 6.07) is -1.23. The van der Waals surface area contributed by atoms with Crippen LogP contribution >= 0.6 is 0 Å². The minimum Gasteiger partial charge on any atom is -0.387 e. The highest BCUT2D eigenvalue weighted by atomic mass is 32.2. The van der Waals surface area contributed by atoms with Gasteiger partial charge >= 0.3 is 0 Å². The summed E-state index contributed by atoms with van der Waals surface area (Å²) in [7, 11) is -4.44. The number of aliphatic hydroxyl groups excluding tert-OH is 2. The zero-order valence-corrected chi connectivity index (χ0v) is 34.4. The number of carbonyl (C=O) groups excluding carboxylic acids is 1. The Balaban J connectivity index is 3.91. The van der Waals surface area contributed by atoms with Gasteiger partial charge in [-0.3, -0.25) is 9.35 Å². The van der Waals surface area contributed by atoms with E-state index in [-0.39, 0.29) is 6.42 Å². The number of allylic oxidation sites excluding steroid dienone is 1. The van der Waals surface area contributed by atoms with Gasteiger partial charge in [-0.2, -0.15) is 8.42 Å². The molecule has 0 saturated heterocycles. The predicted octanol–water partition coefficient (Wildman–Crippen LogP) is 11.9. The van der Waals surface area contributed by atoms with Crippen LogP contribution in [-0.2, 0) is 14.9 Å². The number of carbonyl (C=O) groups is 1. The molecule has 0 aliphatic heterocycles. The number of rotatable bonds is 40. The maximum absolute atomic E-state index is 12.6. The number of amides is 1. The molecule has 8 heteroatoms. The van der Waals surface area contributed by atoms with Gasteiger partial charge in [0.1, 0.15) is 6.10 Å². The summed E-state index contributed by atoms with van der Waals surface area (Å²) < 4.78 is 32.5. The van der Waals surface area contributed by atoms with Crippen molar-refractivity contribution >= 4 is 16.0 Å². The zero-order chi connectivity index (χ0) is 37.7. The lowest BCUT2D eigenvalue weighted by atomic mass is 10.0. The Labute approximate surface area is 316 Å². The van der Waals surface area contributed by atoms with Gasteiger partial charge in [0.15, 0.2) is 0 Å². The summed E-state index contributed by atoms with van der Waals surface area (Å²) in [5.41, 5.74) is 0. The molecule has 0 radical (unpaired) electrons. The highest BCUT2D eigenvalue weighted by Gasteiger charge is 2.27. The first-order valence-corrected chi connectivity index (χ1v) is 23.6. The molecular weight excluding hydrogens is 659 g/mol. The van der Waals surface area contributed by atoms with Crippen molar-refractivity contribution < 1.29 is 28.0 Å². The average molecular weight is 744 g/mol. The molecule has 304 valence electrons. The van der Waals surface area contributed by atoms with E-state index in [1.165, 1.54) is 173 Å². The second-order valence-corrected chi connectivity index (χ2v) is 17.0. The molecule has 0 rings (SSSR count). The third-order valence-corrected chi connectivity index (χ3v) is 11.1. The molecule has 0 aliphatic rings. The number of hydrogen-bond donors (Lipinski definition) is 4. The van der Waals surface area contributed by atoms with E-state index in [0.29, 0.717) is 6.42 Å². The Morgan fingerprint density at radius 3 is 1.18 bits per heavy atom. The molecule has 0 saturated carbocycles. The lowest BCUT2D eigenvalue weighted by Gasteiger charge is -2.22. The summed E-state index contributed by atoms with van der Waals surface area (Å²) in [6.45, 7) is 4.51. The van der Waals surface area contributed by atoms with Gasteiger partial charge in [0.05, 0.1) is 17.9 Å². The number of hydrogen-bond acceptors (Lipinski definition) is 5. The minimum atomic E-state index is -4.44. The summed E-state index contributed by atoms with van der Waals surface area (Å²) >= 11 is 0. The van der Waals surface area contributed by atoms with E-state index in [1.54, 1.807) is 6.08 Å². The third-order valence-electron chi connectivity index (χ3n) is 10.3. The molecule has 0 aliphatic carbocycles. The van der Waals surface area contributed by atoms with Crippen LogP contribution in [0, 0.1) is 0 Å². The maximum Gasteiger partial charge on any atom is 0.267 e. The van der Waals surface area contributed by atoms with E-state index in [4.69, 9.17) is 0 Å². The van der Waals surface area contributed by atoms with Crippen molar-refractivity contribution in [2.45, 2.75) is 250 Å². The van der Waals surface area contributed by atoms with E-state index in [9.17, 15) is 28.0 Å². The predicted molar refractivity (Wildman–Crippen MR) is 218 cm³/mol. The van der Waals surface area contributed by atoms with Gasteiger partial charge in [0, 0.05) is 0 Å². The lowest BCUT2D eigenvalue weighted by molar-refractivity contribution is -0.130. The van der Waals surface area contributed by atoms with E-state index >= 15 is 0 Å². The Kier molecular flexibility index (Phi) is 36.7. The monoisotopic (exact) mass is 744 g/mol. The quantitative estimate of drug-likeness (QED) is 0.0281. The van der Waals surface area contributed by atoms with Gasteiger partial charge in [-0.15, -0.1) is 0 Å². The van der Waals surface area contributed by atoms with Crippen molar-refractivity contribution in [1.82, 2.24) is 5.32 Å². The van der Waals surface area contributed by atoms with Crippen molar-refractivity contribution in [2.75, 3.05) is 5.75 Å². The first-order chi connectivity index (χ1) is 24.7. The highest BCUT2D eigenvalue weighted by Crippen LogP contribution is 2.16. The second kappa shape index (κ2) is 37.4. The highest BCUT2D eigenvalue weighted by molar-refractivity contribution is 7.85. The minimum absolute atomic E-state index is 0.286. The molecule has 3 unspecified atom stereocenters. The largest absolute Gasteiger partial charge is 0.387 e. The van der Waals surface area contributed by atoms with Crippen LogP contribution in [0.4, 0.5) is 0 Å². The van der Waals surface area contributed by atoms with Crippen LogP contribution in [0.5, 0.6) is 0 Å². The van der Waals surface area contributed by atoms with Crippen LogP contribution in [-0.4, -0.2) is 53.1 Å². The van der Waals surface area contributed by atoms with E-state index in [2.05, 4.69) is 19.2 Å². The van der Waals surface area contributed by atoms with Crippen LogP contribution in [0.2, 0.25) is 0 Å². The standard InChI is InChI=1S/C43H85NO6S/c1-3-5-7-9-11-13-15-17-18-19-20-21-22-23-24-26-28-30-32-34-36-38-42(46)43(47)44-40(39-51(48,49)50)41(45)37-35-33-31-29-27-25-16-14-12-10-8-6-4-2/h35,37,40-42,45-46H,3-34,36,38-39H2,1-2H3,(H,44,47)(H,48,49,50)/b37-35+. The van der Waals surface area contributed by atoms with Gasteiger partial charge in [0.2, 0.25) is 5.91 Å². The van der Waals surface area contributed by atoms with Crippen LogP contribution in [0.15, 0.2) is 12.2 Å². The Bertz CT molecular complexity index is 880. The Morgan fingerprint density at radius 1 is 0.529 bits per heavy atom. The van der Waals surface area contributed by atoms with Crippen LogP contribution in [0.1, 0.15) is 232 Å². The topological polar surface area (TPSA) is 124 Å². The van der Waals surface area contributed by atoms with E-state index in [1.807, 2.05) is 0 Å². The SMILES string of the molecule is CCCCCCCCCCCCC/C=C/C(O)C(CS(=O)(=O)O)NC(=O)C(O)CCCCCCCCCCCCCCCCCCCCCCC. The molecule has 0 bridgehead atoms. The lowest BCUT2D eigenvalue weighted by Crippen LogP contribution is -2.50. The molecule has 0 aromatic carbocycles. The molecular formula is C43H85NO6S. The van der Waals surface area contributed by atoms with Crippen LogP contribution in [0.25, 0.3) is 0 Å². The summed E-state index contributed by atoms with van der Waals surface area (Å²) in [5, 5.41) is 23.4. The molecule has 0 heterocycles. The van der Waals surface area contributed by atoms with Crippen molar-refractivity contribution in [3.8, 4) is 0 Å². The van der Waals surface area contributed by atoms with Crippen molar-refractivity contribution in [3.05, 3.63) is 12.2 Å². The Morgan fingerprint density at radius 2 is 0.843 bits per heavy atom. The molecule has 0 aromatic heterocycles. The van der Waals surface area contributed by atoms with Crippen molar-refractivity contribution in [3.63, 3.8) is 0 Å². The van der Waals surface area contributed by atoms with Crippen molar-refractivity contribution in [1.29, 1.82) is 0 Å². The summed E-state index contributed by atoms with van der Waals surface area (Å²) in [6.07, 6.45) is 42.7. The Hall–Kier alpha value is -0.960. The van der Waals surface area contributed by atoms with Crippen LogP contribution in [0.3, 0.4) is 0 Å². The molecule has 0 fully saturated rings. The molecule has 0 spiro atoms. The van der Waals surface area contributed by atoms with Gasteiger partial charge in [0.25, 0.3) is 10.1 Å². The van der Waals surface area contributed by atoms with Gasteiger partial charge in [-0.25, -0.2) is 0 Å². The molecule has 3 atom stereocenters. The second-order valence-electron chi connectivity index (χ2n) is 15.5. The number of nitrogens with one attached hydrogen (secondary N) is 1. The first kappa shape index (κ1) is 50.0. The van der Waals surface area contributed by atoms with Gasteiger partial charge in [-0.05, 0) is 19.3 Å². The molecule has 1 amide bonds. The molecule has 0 aromatic rings. The smallest absolute Gasteiger partial charge is 0.267 e. The zero-order valence-electron chi connectivity index (χ0n) is 33.6. The van der Waals surface area contributed by atoms with Crippen LogP contribution < -0.4 is 5.32 Å². The molecule has 7 nitrogen and oxygen atoms in total. The fraction of sp³-hybridized carbons (Fsp3) is 0.930. The summed E-state index contributed by atoms with van der Waals surface area (Å²) in [5.74, 6) is -1.52. The summed E-state index contributed by atoms with van der Waals surface area (Å²) in [4.78, 5) is 12.6. The number of unbranched alkanes of at least 4 members (excludes halogenated alkanes) is 31.